The first kappa shape index (κ1) is 17.2. The third kappa shape index (κ3) is 4.94. The van der Waals surface area contributed by atoms with Crippen molar-refractivity contribution in [3.63, 3.8) is 0 Å². The predicted molar refractivity (Wildman–Crippen MR) is 87.8 cm³/mol. The number of ether oxygens (including phenoxy) is 1. The third-order valence-electron chi connectivity index (χ3n) is 4.08. The van der Waals surface area contributed by atoms with Crippen molar-refractivity contribution in [3.8, 4) is 5.75 Å². The molecule has 0 aromatic heterocycles. The van der Waals surface area contributed by atoms with E-state index in [0.717, 1.165) is 38.5 Å². The maximum absolute atomic E-state index is 12.3. The van der Waals surface area contributed by atoms with Gasteiger partial charge in [-0.25, -0.2) is 0 Å². The van der Waals surface area contributed by atoms with Gasteiger partial charge in [-0.3, -0.25) is 14.9 Å². The third-order valence-corrected chi connectivity index (χ3v) is 4.08. The van der Waals surface area contributed by atoms with Crippen LogP contribution in [0, 0.1) is 10.1 Å². The molecule has 0 radical (unpaired) electrons. The fraction of sp³-hybridized carbons (Fsp3) is 0.588. The number of hydrogen-bond donors (Lipinski definition) is 1. The van der Waals surface area contributed by atoms with Crippen LogP contribution in [0.4, 0.5) is 5.69 Å². The van der Waals surface area contributed by atoms with Gasteiger partial charge < -0.3 is 10.1 Å². The lowest BCUT2D eigenvalue weighted by Crippen LogP contribution is -2.26. The lowest BCUT2D eigenvalue weighted by Gasteiger charge is -2.24. The normalized spacial score (nSPS) is 15.2. The van der Waals surface area contributed by atoms with Crippen molar-refractivity contribution >= 4 is 11.6 Å². The molecule has 23 heavy (non-hydrogen) atoms. The second-order valence-electron chi connectivity index (χ2n) is 5.92. The zero-order valence-electron chi connectivity index (χ0n) is 13.5. The van der Waals surface area contributed by atoms with Crippen LogP contribution < -0.4 is 10.1 Å². The molecule has 0 heterocycles. The molecule has 6 nitrogen and oxygen atoms in total. The lowest BCUT2D eigenvalue weighted by molar-refractivity contribution is -0.384. The van der Waals surface area contributed by atoms with E-state index >= 15 is 0 Å². The zero-order chi connectivity index (χ0) is 16.7. The summed E-state index contributed by atoms with van der Waals surface area (Å²) in [5, 5.41) is 13.8. The van der Waals surface area contributed by atoms with Crippen LogP contribution >= 0.6 is 0 Å². The average molecular weight is 320 g/mol. The monoisotopic (exact) mass is 320 g/mol. The van der Waals surface area contributed by atoms with E-state index in [2.05, 4.69) is 5.32 Å². The summed E-state index contributed by atoms with van der Waals surface area (Å²) in [5.74, 6) is 0.129. The van der Waals surface area contributed by atoms with E-state index < -0.39 is 4.92 Å². The van der Waals surface area contributed by atoms with Crippen molar-refractivity contribution in [3.05, 3.63) is 33.9 Å². The highest BCUT2D eigenvalue weighted by Gasteiger charge is 2.21. The molecule has 1 saturated carbocycles. The van der Waals surface area contributed by atoms with Crippen LogP contribution in [0.25, 0.3) is 0 Å². The summed E-state index contributed by atoms with van der Waals surface area (Å²) in [7, 11) is 0. The standard InChI is InChI=1S/C17H24N2O4/c1-2-3-11-18-17(20)15-12-13(19(21)22)9-10-16(15)23-14-7-5-4-6-8-14/h9-10,12,14H,2-8,11H2,1H3,(H,18,20). The number of benzene rings is 1. The molecule has 1 aromatic rings. The van der Waals surface area contributed by atoms with E-state index in [4.69, 9.17) is 4.74 Å². The van der Waals surface area contributed by atoms with Gasteiger partial charge in [-0.05, 0) is 38.2 Å². The fourth-order valence-electron chi connectivity index (χ4n) is 2.75. The van der Waals surface area contributed by atoms with Crippen molar-refractivity contribution in [2.45, 2.75) is 58.0 Å². The number of carbonyl (C=O) groups excluding carboxylic acids is 1. The molecule has 6 heteroatoms. The highest BCUT2D eigenvalue weighted by atomic mass is 16.6. The van der Waals surface area contributed by atoms with Gasteiger partial charge in [0.2, 0.25) is 0 Å². The Morgan fingerprint density at radius 3 is 2.74 bits per heavy atom. The number of unbranched alkanes of at least 4 members (excludes halogenated alkanes) is 1. The van der Waals surface area contributed by atoms with Gasteiger partial charge >= 0.3 is 0 Å². The van der Waals surface area contributed by atoms with Gasteiger partial charge in [-0.15, -0.1) is 0 Å². The fourth-order valence-corrected chi connectivity index (χ4v) is 2.75. The molecule has 2 rings (SSSR count). The summed E-state index contributed by atoms with van der Waals surface area (Å²) in [6.45, 7) is 2.60. The Kier molecular flexibility index (Phi) is 6.38. The second kappa shape index (κ2) is 8.50. The highest BCUT2D eigenvalue weighted by molar-refractivity contribution is 5.97. The largest absolute Gasteiger partial charge is 0.490 e. The lowest BCUT2D eigenvalue weighted by atomic mass is 9.97. The van der Waals surface area contributed by atoms with E-state index in [-0.39, 0.29) is 23.3 Å². The number of nitro groups is 1. The van der Waals surface area contributed by atoms with Gasteiger partial charge in [0.15, 0.2) is 0 Å². The maximum Gasteiger partial charge on any atom is 0.270 e. The summed E-state index contributed by atoms with van der Waals surface area (Å²) < 4.78 is 5.97. The molecule has 0 bridgehead atoms. The first-order valence-corrected chi connectivity index (χ1v) is 8.35. The molecule has 0 unspecified atom stereocenters. The number of nitrogens with one attached hydrogen (secondary N) is 1. The van der Waals surface area contributed by atoms with E-state index in [1.807, 2.05) is 6.92 Å². The molecule has 1 aromatic carbocycles. The average Bonchev–Trinajstić information content (AvgIpc) is 2.56. The van der Waals surface area contributed by atoms with Crippen LogP contribution in [0.3, 0.4) is 0 Å². The predicted octanol–water partition coefficient (Wildman–Crippen LogP) is 3.84. The molecule has 0 atom stereocenters. The Morgan fingerprint density at radius 2 is 2.09 bits per heavy atom. The molecule has 1 aliphatic carbocycles. The minimum absolute atomic E-state index is 0.0902. The minimum Gasteiger partial charge on any atom is -0.490 e. The van der Waals surface area contributed by atoms with Crippen molar-refractivity contribution in [1.29, 1.82) is 0 Å². The Labute approximate surface area is 136 Å². The second-order valence-corrected chi connectivity index (χ2v) is 5.92. The number of amides is 1. The Morgan fingerprint density at radius 1 is 1.35 bits per heavy atom. The molecular weight excluding hydrogens is 296 g/mol. The van der Waals surface area contributed by atoms with Crippen molar-refractivity contribution in [2.75, 3.05) is 6.54 Å². The summed E-state index contributed by atoms with van der Waals surface area (Å²) in [5.41, 5.74) is 0.155. The summed E-state index contributed by atoms with van der Waals surface area (Å²) in [6, 6.07) is 4.24. The number of nitrogens with zero attached hydrogens (tertiary/aromatic N) is 1. The highest BCUT2D eigenvalue weighted by Crippen LogP contribution is 2.28. The first-order valence-electron chi connectivity index (χ1n) is 8.35. The van der Waals surface area contributed by atoms with Gasteiger partial charge in [-0.2, -0.15) is 0 Å². The minimum atomic E-state index is -0.493. The summed E-state index contributed by atoms with van der Waals surface area (Å²) in [4.78, 5) is 22.8. The van der Waals surface area contributed by atoms with E-state index in [1.165, 1.54) is 18.6 Å². The molecule has 1 amide bonds. The maximum atomic E-state index is 12.3. The van der Waals surface area contributed by atoms with Gasteiger partial charge in [0.1, 0.15) is 5.75 Å². The smallest absolute Gasteiger partial charge is 0.270 e. The zero-order valence-corrected chi connectivity index (χ0v) is 13.5. The van der Waals surface area contributed by atoms with Crippen LogP contribution in [0.15, 0.2) is 18.2 Å². The van der Waals surface area contributed by atoms with Crippen molar-refractivity contribution in [2.24, 2.45) is 0 Å². The molecule has 0 aliphatic heterocycles. The van der Waals surface area contributed by atoms with Crippen LogP contribution in [-0.4, -0.2) is 23.5 Å². The van der Waals surface area contributed by atoms with Gasteiger partial charge in [0.05, 0.1) is 16.6 Å². The number of nitro benzene ring substituents is 1. The van der Waals surface area contributed by atoms with E-state index in [0.29, 0.717) is 12.3 Å². The first-order chi connectivity index (χ1) is 11.1. The quantitative estimate of drug-likeness (QED) is 0.470. The SMILES string of the molecule is CCCCNC(=O)c1cc([N+](=O)[O-])ccc1OC1CCCCC1. The molecule has 1 fully saturated rings. The van der Waals surface area contributed by atoms with Crippen molar-refractivity contribution < 1.29 is 14.5 Å². The van der Waals surface area contributed by atoms with Gasteiger partial charge in [0.25, 0.3) is 11.6 Å². The van der Waals surface area contributed by atoms with E-state index in [9.17, 15) is 14.9 Å². The van der Waals surface area contributed by atoms with Crippen LogP contribution in [0.5, 0.6) is 5.75 Å². The number of rotatable bonds is 7. The number of hydrogen-bond acceptors (Lipinski definition) is 4. The van der Waals surface area contributed by atoms with E-state index in [1.54, 1.807) is 6.07 Å². The molecule has 0 spiro atoms. The molecular formula is C17H24N2O4. The molecule has 1 N–H and O–H groups in total. The summed E-state index contributed by atoms with van der Waals surface area (Å²) in [6.07, 6.45) is 7.32. The Bertz CT molecular complexity index is 554. The van der Waals surface area contributed by atoms with Crippen LogP contribution in [0.1, 0.15) is 62.2 Å². The number of non-ortho nitro benzene ring substituents is 1. The van der Waals surface area contributed by atoms with Crippen molar-refractivity contribution in [1.82, 2.24) is 5.32 Å². The Hall–Kier alpha value is -2.11. The van der Waals surface area contributed by atoms with Crippen LogP contribution in [0.2, 0.25) is 0 Å². The van der Waals surface area contributed by atoms with Crippen LogP contribution in [-0.2, 0) is 0 Å². The number of carbonyl (C=O) groups is 1. The van der Waals surface area contributed by atoms with Gasteiger partial charge in [0, 0.05) is 18.7 Å². The molecule has 1 aliphatic rings. The Balaban J connectivity index is 2.17. The molecule has 0 saturated heterocycles. The summed E-state index contributed by atoms with van der Waals surface area (Å²) >= 11 is 0. The van der Waals surface area contributed by atoms with Gasteiger partial charge in [-0.1, -0.05) is 19.8 Å². The molecule has 126 valence electrons. The topological polar surface area (TPSA) is 81.5 Å².